The van der Waals surface area contributed by atoms with E-state index < -0.39 is 9.84 Å². The summed E-state index contributed by atoms with van der Waals surface area (Å²) in [5, 5.41) is 0. The van der Waals surface area contributed by atoms with Crippen molar-refractivity contribution in [3.05, 3.63) is 82.9 Å². The monoisotopic (exact) mass is 420 g/mol. The lowest BCUT2D eigenvalue weighted by molar-refractivity contribution is 0.173. The Morgan fingerprint density at radius 1 is 0.867 bits per heavy atom. The Bertz CT molecular complexity index is 1290. The number of sulfone groups is 1. The zero-order valence-electron chi connectivity index (χ0n) is 16.6. The SMILES string of the molecule is Cc1c(C2=C(c3ccc(S(C)(=O)=O)cc3)Oc3ccccc3C2)ccc2c1OCO2. The Morgan fingerprint density at radius 2 is 1.63 bits per heavy atom. The number of allylic oxidation sites excluding steroid dienone is 1. The summed E-state index contributed by atoms with van der Waals surface area (Å²) < 4.78 is 41.2. The van der Waals surface area contributed by atoms with Gasteiger partial charge in [-0.05, 0) is 54.4 Å². The third kappa shape index (κ3) is 3.13. The number of para-hydroxylation sites is 1. The summed E-state index contributed by atoms with van der Waals surface area (Å²) >= 11 is 0. The molecular weight excluding hydrogens is 400 g/mol. The lowest BCUT2D eigenvalue weighted by Crippen LogP contribution is -2.10. The molecule has 0 unspecified atom stereocenters. The molecule has 6 heteroatoms. The maximum atomic E-state index is 11.9. The van der Waals surface area contributed by atoms with Crippen LogP contribution in [0.15, 0.2) is 65.6 Å². The normalized spacial score (nSPS) is 15.0. The molecule has 0 amide bonds. The third-order valence-corrected chi connectivity index (χ3v) is 6.61. The van der Waals surface area contributed by atoms with Crippen LogP contribution in [0.3, 0.4) is 0 Å². The predicted octanol–water partition coefficient (Wildman–Crippen LogP) is 4.63. The largest absolute Gasteiger partial charge is 0.456 e. The predicted molar refractivity (Wildman–Crippen MR) is 114 cm³/mol. The van der Waals surface area contributed by atoms with Gasteiger partial charge in [-0.3, -0.25) is 0 Å². The van der Waals surface area contributed by atoms with Crippen LogP contribution in [0.1, 0.15) is 22.3 Å². The molecule has 0 aromatic heterocycles. The van der Waals surface area contributed by atoms with E-state index in [9.17, 15) is 8.42 Å². The molecule has 0 radical (unpaired) electrons. The lowest BCUT2D eigenvalue weighted by Gasteiger charge is -2.25. The minimum Gasteiger partial charge on any atom is -0.456 e. The fourth-order valence-corrected chi connectivity index (χ4v) is 4.57. The molecule has 3 aromatic rings. The molecule has 0 N–H and O–H groups in total. The molecule has 30 heavy (non-hydrogen) atoms. The van der Waals surface area contributed by atoms with Gasteiger partial charge in [0.25, 0.3) is 0 Å². The van der Waals surface area contributed by atoms with Crippen LogP contribution in [0.4, 0.5) is 0 Å². The molecule has 0 fully saturated rings. The van der Waals surface area contributed by atoms with Gasteiger partial charge in [0, 0.05) is 29.4 Å². The van der Waals surface area contributed by atoms with Crippen molar-refractivity contribution in [3.63, 3.8) is 0 Å². The second kappa shape index (κ2) is 6.92. The standard InChI is InChI=1S/C24H20O5S/c1-15-19(11-12-22-23(15)28-14-27-22)20-13-17-5-3-4-6-21(17)29-24(20)16-7-9-18(10-8-16)30(2,25)26/h3-12H,13-14H2,1-2H3. The average Bonchev–Trinajstić information content (AvgIpc) is 3.22. The highest BCUT2D eigenvalue weighted by Gasteiger charge is 2.26. The average molecular weight is 420 g/mol. The molecule has 0 saturated carbocycles. The zero-order valence-corrected chi connectivity index (χ0v) is 17.5. The Kier molecular flexibility index (Phi) is 4.33. The Morgan fingerprint density at radius 3 is 2.40 bits per heavy atom. The highest BCUT2D eigenvalue weighted by atomic mass is 32.2. The number of hydrogen-bond acceptors (Lipinski definition) is 5. The number of fused-ring (bicyclic) bond motifs is 2. The highest BCUT2D eigenvalue weighted by Crippen LogP contribution is 2.44. The number of hydrogen-bond donors (Lipinski definition) is 0. The van der Waals surface area contributed by atoms with Crippen LogP contribution in [0.2, 0.25) is 0 Å². The van der Waals surface area contributed by atoms with Crippen LogP contribution < -0.4 is 14.2 Å². The van der Waals surface area contributed by atoms with E-state index in [2.05, 4.69) is 6.07 Å². The summed E-state index contributed by atoms with van der Waals surface area (Å²) in [6.45, 7) is 2.23. The van der Waals surface area contributed by atoms with E-state index in [0.717, 1.165) is 50.8 Å². The molecule has 152 valence electrons. The van der Waals surface area contributed by atoms with E-state index in [1.165, 1.54) is 6.26 Å². The van der Waals surface area contributed by atoms with Crippen molar-refractivity contribution in [2.45, 2.75) is 18.2 Å². The van der Waals surface area contributed by atoms with Crippen LogP contribution in [-0.2, 0) is 16.3 Å². The first-order valence-electron chi connectivity index (χ1n) is 9.61. The highest BCUT2D eigenvalue weighted by molar-refractivity contribution is 7.90. The van der Waals surface area contributed by atoms with Gasteiger partial charge < -0.3 is 14.2 Å². The van der Waals surface area contributed by atoms with E-state index in [4.69, 9.17) is 14.2 Å². The third-order valence-electron chi connectivity index (χ3n) is 5.48. The first-order chi connectivity index (χ1) is 14.4. The Labute approximate surface area is 175 Å². The number of ether oxygens (including phenoxy) is 3. The van der Waals surface area contributed by atoms with Crippen molar-refractivity contribution in [1.29, 1.82) is 0 Å². The smallest absolute Gasteiger partial charge is 0.231 e. The Balaban J connectivity index is 1.68. The first-order valence-corrected chi connectivity index (χ1v) is 11.5. The fourth-order valence-electron chi connectivity index (χ4n) is 3.93. The van der Waals surface area contributed by atoms with Gasteiger partial charge in [-0.1, -0.05) is 24.3 Å². The summed E-state index contributed by atoms with van der Waals surface area (Å²) in [5.74, 6) is 3.02. The topological polar surface area (TPSA) is 61.8 Å². The van der Waals surface area contributed by atoms with Gasteiger partial charge in [0.15, 0.2) is 21.3 Å². The summed E-state index contributed by atoms with van der Waals surface area (Å²) in [4.78, 5) is 0.281. The molecule has 5 nitrogen and oxygen atoms in total. The van der Waals surface area contributed by atoms with Crippen molar-refractivity contribution in [2.24, 2.45) is 0 Å². The summed E-state index contributed by atoms with van der Waals surface area (Å²) in [6, 6.07) is 18.7. The van der Waals surface area contributed by atoms with Crippen molar-refractivity contribution < 1.29 is 22.6 Å². The number of benzene rings is 3. The van der Waals surface area contributed by atoms with Gasteiger partial charge in [0.1, 0.15) is 11.5 Å². The van der Waals surface area contributed by atoms with Crippen molar-refractivity contribution in [3.8, 4) is 17.2 Å². The van der Waals surface area contributed by atoms with Gasteiger partial charge >= 0.3 is 0 Å². The molecule has 2 aliphatic heterocycles. The molecule has 0 saturated heterocycles. The molecular formula is C24H20O5S. The number of rotatable bonds is 3. The van der Waals surface area contributed by atoms with Crippen LogP contribution in [-0.4, -0.2) is 21.5 Å². The quantitative estimate of drug-likeness (QED) is 0.618. The van der Waals surface area contributed by atoms with E-state index in [1.54, 1.807) is 24.3 Å². The maximum absolute atomic E-state index is 11.9. The van der Waals surface area contributed by atoms with E-state index in [0.29, 0.717) is 6.42 Å². The minimum absolute atomic E-state index is 0.220. The molecule has 5 rings (SSSR count). The van der Waals surface area contributed by atoms with Crippen LogP contribution >= 0.6 is 0 Å². The van der Waals surface area contributed by atoms with Crippen LogP contribution in [0, 0.1) is 6.92 Å². The second-order valence-electron chi connectivity index (χ2n) is 7.46. The van der Waals surface area contributed by atoms with Crippen molar-refractivity contribution in [2.75, 3.05) is 13.0 Å². The summed E-state index contributed by atoms with van der Waals surface area (Å²) in [7, 11) is -3.27. The van der Waals surface area contributed by atoms with E-state index in [-0.39, 0.29) is 11.7 Å². The Hall–Kier alpha value is -3.25. The molecule has 3 aromatic carbocycles. The molecule has 2 heterocycles. The van der Waals surface area contributed by atoms with E-state index in [1.807, 2.05) is 37.3 Å². The lowest BCUT2D eigenvalue weighted by atomic mass is 9.89. The van der Waals surface area contributed by atoms with Gasteiger partial charge in [-0.15, -0.1) is 0 Å². The van der Waals surface area contributed by atoms with Crippen LogP contribution in [0.5, 0.6) is 17.2 Å². The zero-order chi connectivity index (χ0) is 20.9. The minimum atomic E-state index is -3.27. The first kappa shape index (κ1) is 18.8. The van der Waals surface area contributed by atoms with Gasteiger partial charge in [0.05, 0.1) is 4.90 Å². The maximum Gasteiger partial charge on any atom is 0.231 e. The molecule has 2 aliphatic rings. The van der Waals surface area contributed by atoms with Crippen LogP contribution in [0.25, 0.3) is 11.3 Å². The van der Waals surface area contributed by atoms with Gasteiger partial charge in [0.2, 0.25) is 6.79 Å². The molecule has 0 aliphatic carbocycles. The second-order valence-corrected chi connectivity index (χ2v) is 9.48. The van der Waals surface area contributed by atoms with E-state index >= 15 is 0 Å². The molecule has 0 atom stereocenters. The van der Waals surface area contributed by atoms with Gasteiger partial charge in [-0.25, -0.2) is 8.42 Å². The summed E-state index contributed by atoms with van der Waals surface area (Å²) in [6.07, 6.45) is 1.90. The van der Waals surface area contributed by atoms with Gasteiger partial charge in [-0.2, -0.15) is 0 Å². The van der Waals surface area contributed by atoms with Crippen molar-refractivity contribution in [1.82, 2.24) is 0 Å². The van der Waals surface area contributed by atoms with Crippen molar-refractivity contribution >= 4 is 21.2 Å². The molecule has 0 spiro atoms. The summed E-state index contributed by atoms with van der Waals surface area (Å²) in [5.41, 5.74) is 4.96. The molecule has 0 bridgehead atoms. The fraction of sp³-hybridized carbons (Fsp3) is 0.167.